The summed E-state index contributed by atoms with van der Waals surface area (Å²) in [4.78, 5) is 12.5. The van der Waals surface area contributed by atoms with Gasteiger partial charge in [0.2, 0.25) is 10.0 Å². The Hall–Kier alpha value is -2.29. The molecule has 27 heavy (non-hydrogen) atoms. The first-order valence-corrected chi connectivity index (χ1v) is 10.1. The molecule has 3 rings (SSSR count). The van der Waals surface area contributed by atoms with E-state index in [0.717, 1.165) is 12.8 Å². The van der Waals surface area contributed by atoms with Crippen molar-refractivity contribution >= 4 is 33.2 Å². The molecule has 1 heterocycles. The Kier molecular flexibility index (Phi) is 5.59. The predicted molar refractivity (Wildman–Crippen MR) is 102 cm³/mol. The molecule has 0 radical (unpaired) electrons. The van der Waals surface area contributed by atoms with E-state index in [4.69, 9.17) is 16.3 Å². The van der Waals surface area contributed by atoms with E-state index in [2.05, 4.69) is 5.32 Å². The number of ether oxygens (including phenoxy) is 1. The molecular weight excluding hydrogens is 392 g/mol. The third-order valence-electron chi connectivity index (χ3n) is 4.31. The lowest BCUT2D eigenvalue weighted by molar-refractivity contribution is 0.102. The average Bonchev–Trinajstić information content (AvgIpc) is 3.20. The van der Waals surface area contributed by atoms with Gasteiger partial charge in [0.05, 0.1) is 12.1 Å². The van der Waals surface area contributed by atoms with Crippen molar-refractivity contribution in [2.75, 3.05) is 25.5 Å². The molecule has 0 aliphatic carbocycles. The number of phenolic OH excluding ortho intramolecular Hbond substituents is 1. The van der Waals surface area contributed by atoms with Crippen LogP contribution in [0.2, 0.25) is 5.02 Å². The second-order valence-corrected chi connectivity index (χ2v) is 8.41. The largest absolute Gasteiger partial charge is 0.506 e. The van der Waals surface area contributed by atoms with E-state index in [-0.39, 0.29) is 27.0 Å². The smallest absolute Gasteiger partial charge is 0.255 e. The maximum Gasteiger partial charge on any atom is 0.255 e. The molecule has 1 saturated heterocycles. The van der Waals surface area contributed by atoms with Gasteiger partial charge >= 0.3 is 0 Å². The Morgan fingerprint density at radius 1 is 1.19 bits per heavy atom. The van der Waals surface area contributed by atoms with Crippen LogP contribution in [0.25, 0.3) is 0 Å². The first-order valence-electron chi connectivity index (χ1n) is 8.31. The molecule has 2 N–H and O–H groups in total. The highest BCUT2D eigenvalue weighted by Gasteiger charge is 2.30. The number of anilines is 1. The summed E-state index contributed by atoms with van der Waals surface area (Å²) in [6, 6.07) is 8.50. The molecule has 1 aliphatic heterocycles. The molecule has 0 saturated carbocycles. The standard InChI is InChI=1S/C18H19ClN2O5S/c1-26-16-7-4-12(10-17(16)27(24,25)21-8-2-3-9-21)18(23)20-13-5-6-15(22)14(19)11-13/h4-7,10-11,22H,2-3,8-9H2,1H3,(H,20,23). The average molecular weight is 411 g/mol. The monoisotopic (exact) mass is 410 g/mol. The number of nitrogens with zero attached hydrogens (tertiary/aromatic N) is 1. The van der Waals surface area contributed by atoms with E-state index in [1.165, 1.54) is 47.8 Å². The van der Waals surface area contributed by atoms with Gasteiger partial charge in [-0.1, -0.05) is 11.6 Å². The number of rotatable bonds is 5. The second kappa shape index (κ2) is 7.75. The Balaban J connectivity index is 1.92. The molecule has 144 valence electrons. The fourth-order valence-electron chi connectivity index (χ4n) is 2.88. The highest BCUT2D eigenvalue weighted by molar-refractivity contribution is 7.89. The van der Waals surface area contributed by atoms with Gasteiger partial charge in [0.25, 0.3) is 5.91 Å². The van der Waals surface area contributed by atoms with E-state index < -0.39 is 15.9 Å². The van der Waals surface area contributed by atoms with Crippen LogP contribution in [0.1, 0.15) is 23.2 Å². The van der Waals surface area contributed by atoms with Crippen molar-refractivity contribution in [2.45, 2.75) is 17.7 Å². The van der Waals surface area contributed by atoms with Gasteiger partial charge in [-0.05, 0) is 49.2 Å². The van der Waals surface area contributed by atoms with Crippen molar-refractivity contribution in [3.63, 3.8) is 0 Å². The van der Waals surface area contributed by atoms with E-state index in [0.29, 0.717) is 18.8 Å². The van der Waals surface area contributed by atoms with E-state index in [9.17, 15) is 18.3 Å². The van der Waals surface area contributed by atoms with E-state index in [1.54, 1.807) is 0 Å². The molecule has 0 atom stereocenters. The fourth-order valence-corrected chi connectivity index (χ4v) is 4.75. The van der Waals surface area contributed by atoms with Crippen LogP contribution in [0.5, 0.6) is 11.5 Å². The highest BCUT2D eigenvalue weighted by atomic mass is 35.5. The van der Waals surface area contributed by atoms with Crippen LogP contribution < -0.4 is 10.1 Å². The molecule has 0 unspecified atom stereocenters. The van der Waals surface area contributed by atoms with E-state index in [1.807, 2.05) is 0 Å². The summed E-state index contributed by atoms with van der Waals surface area (Å²) >= 11 is 5.84. The molecule has 1 aliphatic rings. The van der Waals surface area contributed by atoms with Gasteiger partial charge in [-0.2, -0.15) is 4.31 Å². The fraction of sp³-hybridized carbons (Fsp3) is 0.278. The van der Waals surface area contributed by atoms with Crippen LogP contribution >= 0.6 is 11.6 Å². The lowest BCUT2D eigenvalue weighted by atomic mass is 10.2. The van der Waals surface area contributed by atoms with E-state index >= 15 is 0 Å². The molecule has 2 aromatic rings. The first kappa shape index (κ1) is 19.5. The summed E-state index contributed by atoms with van der Waals surface area (Å²) in [5, 5.41) is 12.2. The number of phenols is 1. The van der Waals surface area contributed by atoms with Crippen molar-refractivity contribution in [1.82, 2.24) is 4.31 Å². The van der Waals surface area contributed by atoms with Gasteiger partial charge in [-0.15, -0.1) is 0 Å². The summed E-state index contributed by atoms with van der Waals surface area (Å²) in [5.41, 5.74) is 0.542. The zero-order chi connectivity index (χ0) is 19.6. The van der Waals surface area contributed by atoms with Crippen LogP contribution in [0, 0.1) is 0 Å². The topological polar surface area (TPSA) is 95.9 Å². The van der Waals surface area contributed by atoms with Crippen LogP contribution in [-0.2, 0) is 10.0 Å². The number of carbonyl (C=O) groups excluding carboxylic acids is 1. The Labute approximate surface area is 162 Å². The van der Waals surface area contributed by atoms with Gasteiger partial charge in [-0.3, -0.25) is 4.79 Å². The highest BCUT2D eigenvalue weighted by Crippen LogP contribution is 2.30. The number of aromatic hydroxyl groups is 1. The number of benzene rings is 2. The van der Waals surface area contributed by atoms with Crippen LogP contribution in [0.3, 0.4) is 0 Å². The predicted octanol–water partition coefficient (Wildman–Crippen LogP) is 3.09. The molecule has 2 aromatic carbocycles. The van der Waals surface area contributed by atoms with Gasteiger partial charge < -0.3 is 15.2 Å². The van der Waals surface area contributed by atoms with Crippen molar-refractivity contribution in [2.24, 2.45) is 0 Å². The number of hydrogen-bond acceptors (Lipinski definition) is 5. The molecule has 1 fully saturated rings. The minimum Gasteiger partial charge on any atom is -0.506 e. The summed E-state index contributed by atoms with van der Waals surface area (Å²) in [7, 11) is -2.36. The number of carbonyl (C=O) groups is 1. The third kappa shape index (κ3) is 4.02. The van der Waals surface area contributed by atoms with Crippen molar-refractivity contribution in [1.29, 1.82) is 0 Å². The minimum atomic E-state index is -3.75. The molecule has 9 heteroatoms. The maximum absolute atomic E-state index is 12.9. The lowest BCUT2D eigenvalue weighted by Gasteiger charge is -2.18. The van der Waals surface area contributed by atoms with Crippen molar-refractivity contribution < 1.29 is 23.1 Å². The lowest BCUT2D eigenvalue weighted by Crippen LogP contribution is -2.28. The quantitative estimate of drug-likeness (QED) is 0.738. The summed E-state index contributed by atoms with van der Waals surface area (Å²) in [6.07, 6.45) is 1.62. The zero-order valence-corrected chi connectivity index (χ0v) is 16.2. The number of methoxy groups -OCH3 is 1. The summed E-state index contributed by atoms with van der Waals surface area (Å²) < 4.78 is 32.4. The SMILES string of the molecule is COc1ccc(C(=O)Nc2ccc(O)c(Cl)c2)cc1S(=O)(=O)N1CCCC1. The third-order valence-corrected chi connectivity index (χ3v) is 6.54. The molecule has 0 bridgehead atoms. The normalized spacial score (nSPS) is 14.9. The van der Waals surface area contributed by atoms with Gasteiger partial charge in [0.15, 0.2) is 0 Å². The Bertz CT molecular complexity index is 972. The Morgan fingerprint density at radius 2 is 1.89 bits per heavy atom. The number of halogens is 1. The van der Waals surface area contributed by atoms with Gasteiger partial charge in [0, 0.05) is 24.3 Å². The molecule has 7 nitrogen and oxygen atoms in total. The molecular formula is C18H19ClN2O5S. The number of hydrogen-bond donors (Lipinski definition) is 2. The van der Waals surface area contributed by atoms with Crippen LogP contribution in [0.4, 0.5) is 5.69 Å². The molecule has 0 aromatic heterocycles. The zero-order valence-electron chi connectivity index (χ0n) is 14.6. The first-order chi connectivity index (χ1) is 12.8. The van der Waals surface area contributed by atoms with Gasteiger partial charge in [0.1, 0.15) is 16.4 Å². The number of nitrogens with one attached hydrogen (secondary N) is 1. The minimum absolute atomic E-state index is 0.0386. The summed E-state index contributed by atoms with van der Waals surface area (Å²) in [5.74, 6) is -0.415. The van der Waals surface area contributed by atoms with Crippen LogP contribution in [-0.4, -0.2) is 43.9 Å². The van der Waals surface area contributed by atoms with Crippen molar-refractivity contribution in [3.8, 4) is 11.5 Å². The van der Waals surface area contributed by atoms with Gasteiger partial charge in [-0.25, -0.2) is 8.42 Å². The van der Waals surface area contributed by atoms with Crippen molar-refractivity contribution in [3.05, 3.63) is 47.0 Å². The number of amides is 1. The maximum atomic E-state index is 12.9. The second-order valence-electron chi connectivity index (χ2n) is 6.10. The van der Waals surface area contributed by atoms with Crippen LogP contribution in [0.15, 0.2) is 41.3 Å². The Morgan fingerprint density at radius 3 is 2.52 bits per heavy atom. The number of sulfonamides is 1. The summed E-state index contributed by atoms with van der Waals surface area (Å²) in [6.45, 7) is 0.905. The molecule has 0 spiro atoms. The molecule has 1 amide bonds.